The van der Waals surface area contributed by atoms with E-state index in [9.17, 15) is 14.7 Å². The van der Waals surface area contributed by atoms with Gasteiger partial charge in [0.05, 0.1) is 18.3 Å². The molecule has 1 aromatic heterocycles. The molecule has 2 aliphatic heterocycles. The molecule has 148 valence electrons. The number of β-amino-alcohol motifs (C(OH)–C–C–N with tert-alkyl or cyclic N) is 1. The summed E-state index contributed by atoms with van der Waals surface area (Å²) >= 11 is 0. The molecule has 0 bridgehead atoms. The number of amides is 2. The maximum Gasteiger partial charge on any atom is 0.271 e. The Labute approximate surface area is 158 Å². The Kier molecular flexibility index (Phi) is 6.35. The number of aliphatic hydroxyl groups is 1. The van der Waals surface area contributed by atoms with Crippen molar-refractivity contribution in [1.82, 2.24) is 31.0 Å². The molecular weight excluding hydrogens is 348 g/mol. The average Bonchev–Trinajstić information content (AvgIpc) is 2.99. The summed E-state index contributed by atoms with van der Waals surface area (Å²) in [6, 6.07) is 0.271. The van der Waals surface area contributed by atoms with Crippen LogP contribution >= 0.6 is 0 Å². The molecule has 0 spiro atoms. The lowest BCUT2D eigenvalue weighted by Crippen LogP contribution is -2.55. The van der Waals surface area contributed by atoms with Gasteiger partial charge in [-0.25, -0.2) is 4.98 Å². The number of hydrogen-bond donors (Lipinski definition) is 4. The molecule has 3 rings (SSSR count). The molecule has 4 atom stereocenters. The van der Waals surface area contributed by atoms with Crippen LogP contribution in [0.4, 0.5) is 0 Å². The van der Waals surface area contributed by atoms with E-state index in [0.29, 0.717) is 37.4 Å². The minimum atomic E-state index is -0.795. The molecule has 2 amide bonds. The third-order valence-electron chi connectivity index (χ3n) is 5.56. The molecule has 4 N–H and O–H groups in total. The zero-order valence-corrected chi connectivity index (χ0v) is 15.8. The quantitative estimate of drug-likeness (QED) is 0.544. The second kappa shape index (κ2) is 8.73. The maximum atomic E-state index is 12.5. The molecular formula is C18H28N6O3. The first-order valence-corrected chi connectivity index (χ1v) is 9.49. The number of aromatic nitrogens is 2. The first kappa shape index (κ1) is 19.7. The zero-order chi connectivity index (χ0) is 19.4. The third-order valence-corrected chi connectivity index (χ3v) is 5.56. The van der Waals surface area contributed by atoms with Crippen molar-refractivity contribution in [2.24, 2.45) is 5.92 Å². The summed E-state index contributed by atoms with van der Waals surface area (Å²) in [4.78, 5) is 34.2. The number of hydrazine groups is 1. The Morgan fingerprint density at radius 2 is 2.04 bits per heavy atom. The van der Waals surface area contributed by atoms with E-state index in [1.54, 1.807) is 4.90 Å². The predicted molar refractivity (Wildman–Crippen MR) is 98.4 cm³/mol. The van der Waals surface area contributed by atoms with Crippen molar-refractivity contribution in [3.05, 3.63) is 24.3 Å². The Morgan fingerprint density at radius 1 is 1.30 bits per heavy atom. The van der Waals surface area contributed by atoms with Crippen LogP contribution in [0.5, 0.6) is 0 Å². The number of rotatable bonds is 5. The van der Waals surface area contributed by atoms with E-state index in [2.05, 4.69) is 40.0 Å². The lowest BCUT2D eigenvalue weighted by Gasteiger charge is -2.36. The zero-order valence-electron chi connectivity index (χ0n) is 15.8. The summed E-state index contributed by atoms with van der Waals surface area (Å²) in [5, 5.41) is 13.2. The molecule has 0 radical (unpaired) electrons. The molecule has 2 unspecified atom stereocenters. The van der Waals surface area contributed by atoms with Gasteiger partial charge in [-0.2, -0.15) is 0 Å². The second-order valence-electron chi connectivity index (χ2n) is 7.43. The highest BCUT2D eigenvalue weighted by Gasteiger charge is 2.33. The summed E-state index contributed by atoms with van der Waals surface area (Å²) in [6.07, 6.45) is 5.31. The van der Waals surface area contributed by atoms with Crippen molar-refractivity contribution in [2.45, 2.75) is 57.3 Å². The number of carbonyl (C=O) groups is 2. The van der Waals surface area contributed by atoms with E-state index in [4.69, 9.17) is 0 Å². The van der Waals surface area contributed by atoms with Gasteiger partial charge < -0.3 is 15.3 Å². The van der Waals surface area contributed by atoms with Gasteiger partial charge in [0.2, 0.25) is 5.91 Å². The SMILES string of the molecule is CC1NNC(C)C1CCC(=O)N1CC[C@@H](NC(=O)c2cnccn2)[C@H](O)C1. The topological polar surface area (TPSA) is 119 Å². The monoisotopic (exact) mass is 376 g/mol. The largest absolute Gasteiger partial charge is 0.389 e. The third kappa shape index (κ3) is 4.79. The highest BCUT2D eigenvalue weighted by molar-refractivity contribution is 5.92. The van der Waals surface area contributed by atoms with Crippen LogP contribution < -0.4 is 16.2 Å². The highest BCUT2D eigenvalue weighted by Crippen LogP contribution is 2.21. The lowest BCUT2D eigenvalue weighted by molar-refractivity contribution is -0.135. The normalized spacial score (nSPS) is 30.9. The number of piperidine rings is 1. The van der Waals surface area contributed by atoms with Crippen LogP contribution in [-0.2, 0) is 4.79 Å². The van der Waals surface area contributed by atoms with Crippen LogP contribution in [0.25, 0.3) is 0 Å². The van der Waals surface area contributed by atoms with Gasteiger partial charge in [-0.05, 0) is 32.6 Å². The fourth-order valence-corrected chi connectivity index (χ4v) is 3.84. The summed E-state index contributed by atoms with van der Waals surface area (Å²) in [7, 11) is 0. The minimum absolute atomic E-state index is 0.0547. The van der Waals surface area contributed by atoms with Gasteiger partial charge in [0, 0.05) is 44.0 Å². The molecule has 9 nitrogen and oxygen atoms in total. The van der Waals surface area contributed by atoms with Crippen molar-refractivity contribution >= 4 is 11.8 Å². The summed E-state index contributed by atoms with van der Waals surface area (Å²) in [5.41, 5.74) is 6.62. The Bertz CT molecular complexity index is 648. The van der Waals surface area contributed by atoms with E-state index in [-0.39, 0.29) is 24.1 Å². The van der Waals surface area contributed by atoms with Gasteiger partial charge in [-0.1, -0.05) is 0 Å². The van der Waals surface area contributed by atoms with Crippen LogP contribution in [0.3, 0.4) is 0 Å². The van der Waals surface area contributed by atoms with Crippen molar-refractivity contribution in [1.29, 1.82) is 0 Å². The number of likely N-dealkylation sites (tertiary alicyclic amines) is 1. The molecule has 27 heavy (non-hydrogen) atoms. The Morgan fingerprint density at radius 3 is 2.67 bits per heavy atom. The van der Waals surface area contributed by atoms with E-state index >= 15 is 0 Å². The predicted octanol–water partition coefficient (Wildman–Crippen LogP) is -0.551. The second-order valence-corrected chi connectivity index (χ2v) is 7.43. The van der Waals surface area contributed by atoms with Crippen LogP contribution in [-0.4, -0.2) is 69.1 Å². The standard InChI is InChI=1S/C18H28N6O3/c1-11-13(12(2)23-22-11)3-4-17(26)24-8-5-14(16(25)10-24)21-18(27)15-9-19-6-7-20-15/h6-7,9,11-14,16,22-23,25H,3-5,8,10H2,1-2H3,(H,21,27)/t11?,12?,13?,14-,16-/m1/s1. The summed E-state index contributed by atoms with van der Waals surface area (Å²) < 4.78 is 0. The first-order chi connectivity index (χ1) is 13.0. The van der Waals surface area contributed by atoms with Crippen molar-refractivity contribution in [3.63, 3.8) is 0 Å². The summed E-state index contributed by atoms with van der Waals surface area (Å²) in [6.45, 7) is 4.98. The molecule has 2 aliphatic rings. The Hall–Kier alpha value is -2.10. The van der Waals surface area contributed by atoms with Crippen molar-refractivity contribution < 1.29 is 14.7 Å². The molecule has 9 heteroatoms. The Balaban J connectivity index is 1.46. The van der Waals surface area contributed by atoms with Crippen molar-refractivity contribution in [2.75, 3.05) is 13.1 Å². The number of nitrogens with one attached hydrogen (secondary N) is 3. The van der Waals surface area contributed by atoms with E-state index in [0.717, 1.165) is 6.42 Å². The fraction of sp³-hybridized carbons (Fsp3) is 0.667. The van der Waals surface area contributed by atoms with E-state index < -0.39 is 12.1 Å². The molecule has 2 fully saturated rings. The molecule has 0 aliphatic carbocycles. The number of carbonyl (C=O) groups excluding carboxylic acids is 2. The molecule has 1 aromatic rings. The average molecular weight is 376 g/mol. The molecule has 0 saturated carbocycles. The van der Waals surface area contributed by atoms with Gasteiger partial charge in [-0.15, -0.1) is 0 Å². The molecule has 0 aromatic carbocycles. The van der Waals surface area contributed by atoms with Crippen LogP contribution in [0.1, 0.15) is 43.6 Å². The number of nitrogens with zero attached hydrogens (tertiary/aromatic N) is 3. The van der Waals surface area contributed by atoms with Crippen LogP contribution in [0.2, 0.25) is 0 Å². The van der Waals surface area contributed by atoms with E-state index in [1.165, 1.54) is 18.6 Å². The number of hydrogen-bond acceptors (Lipinski definition) is 7. The number of aliphatic hydroxyl groups excluding tert-OH is 1. The smallest absolute Gasteiger partial charge is 0.271 e. The summed E-state index contributed by atoms with van der Waals surface area (Å²) in [5.74, 6) is 0.0953. The lowest BCUT2D eigenvalue weighted by atomic mass is 9.91. The van der Waals surface area contributed by atoms with Crippen LogP contribution in [0, 0.1) is 5.92 Å². The van der Waals surface area contributed by atoms with Crippen LogP contribution in [0.15, 0.2) is 18.6 Å². The van der Waals surface area contributed by atoms with Gasteiger partial charge in [0.15, 0.2) is 0 Å². The first-order valence-electron chi connectivity index (χ1n) is 9.49. The van der Waals surface area contributed by atoms with Gasteiger partial charge in [-0.3, -0.25) is 25.4 Å². The van der Waals surface area contributed by atoms with Crippen molar-refractivity contribution in [3.8, 4) is 0 Å². The van der Waals surface area contributed by atoms with E-state index in [1.807, 2.05) is 0 Å². The van der Waals surface area contributed by atoms with Gasteiger partial charge in [0.25, 0.3) is 5.91 Å². The molecule has 2 saturated heterocycles. The maximum absolute atomic E-state index is 12.5. The fourth-order valence-electron chi connectivity index (χ4n) is 3.84. The minimum Gasteiger partial charge on any atom is -0.389 e. The van der Waals surface area contributed by atoms with Gasteiger partial charge in [0.1, 0.15) is 5.69 Å². The highest BCUT2D eigenvalue weighted by atomic mass is 16.3. The van der Waals surface area contributed by atoms with Gasteiger partial charge >= 0.3 is 0 Å². The molecule has 3 heterocycles.